The van der Waals surface area contributed by atoms with E-state index in [0.717, 1.165) is 43.7 Å². The first kappa shape index (κ1) is 13.4. The van der Waals surface area contributed by atoms with E-state index in [0.29, 0.717) is 11.9 Å². The Kier molecular flexibility index (Phi) is 3.84. The van der Waals surface area contributed by atoms with Crippen LogP contribution in [0.15, 0.2) is 0 Å². The molecule has 0 aromatic carbocycles. The minimum absolute atomic E-state index is 0.0831. The molecule has 1 heterocycles. The second-order valence-corrected chi connectivity index (χ2v) is 6.86. The van der Waals surface area contributed by atoms with Gasteiger partial charge in [0.1, 0.15) is 0 Å². The first-order valence-electron chi connectivity index (χ1n) is 8.24. The van der Waals surface area contributed by atoms with Crippen LogP contribution in [-0.2, 0) is 4.79 Å². The molecule has 5 atom stereocenters. The van der Waals surface area contributed by atoms with Crippen molar-refractivity contribution in [1.29, 1.82) is 0 Å². The van der Waals surface area contributed by atoms with Crippen molar-refractivity contribution in [3.05, 3.63) is 0 Å². The number of hydrogen-bond donors (Lipinski definition) is 1. The number of likely N-dealkylation sites (tertiary alicyclic amines) is 1. The van der Waals surface area contributed by atoms with Crippen molar-refractivity contribution in [2.24, 2.45) is 17.8 Å². The van der Waals surface area contributed by atoms with Crippen molar-refractivity contribution in [1.82, 2.24) is 10.2 Å². The van der Waals surface area contributed by atoms with Crippen molar-refractivity contribution in [3.63, 3.8) is 0 Å². The van der Waals surface area contributed by atoms with Crippen LogP contribution >= 0.6 is 0 Å². The molecule has 0 radical (unpaired) electrons. The summed E-state index contributed by atoms with van der Waals surface area (Å²) >= 11 is 0. The highest BCUT2D eigenvalue weighted by molar-refractivity contribution is 5.82. The van der Waals surface area contributed by atoms with E-state index in [1.165, 1.54) is 25.7 Å². The second kappa shape index (κ2) is 5.43. The fraction of sp³-hybridized carbons (Fsp3) is 0.938. The predicted octanol–water partition coefficient (Wildman–Crippen LogP) is 2.41. The zero-order valence-electron chi connectivity index (χ0n) is 12.4. The normalized spacial score (nSPS) is 39.9. The average Bonchev–Trinajstić information content (AvgIpc) is 3.03. The maximum Gasteiger partial charge on any atom is 0.239 e. The fourth-order valence-electron chi connectivity index (χ4n) is 4.86. The summed E-state index contributed by atoms with van der Waals surface area (Å²) in [6, 6.07) is 0.545. The first-order valence-corrected chi connectivity index (χ1v) is 8.24. The van der Waals surface area contributed by atoms with E-state index >= 15 is 0 Å². The molecule has 1 aliphatic heterocycles. The summed E-state index contributed by atoms with van der Waals surface area (Å²) in [6.45, 7) is 6.27. The summed E-state index contributed by atoms with van der Waals surface area (Å²) in [4.78, 5) is 14.8. The van der Waals surface area contributed by atoms with Gasteiger partial charge in [0.15, 0.2) is 0 Å². The molecule has 0 aromatic rings. The number of carbonyl (C=O) groups excluding carboxylic acids is 1. The lowest BCUT2D eigenvalue weighted by Crippen LogP contribution is -2.55. The van der Waals surface area contributed by atoms with E-state index in [1.807, 2.05) is 0 Å². The van der Waals surface area contributed by atoms with Crippen LogP contribution in [0.5, 0.6) is 0 Å². The minimum atomic E-state index is 0.0831. The topological polar surface area (TPSA) is 32.3 Å². The highest BCUT2D eigenvalue weighted by atomic mass is 16.2. The van der Waals surface area contributed by atoms with E-state index < -0.39 is 0 Å². The van der Waals surface area contributed by atoms with Crippen LogP contribution in [0.4, 0.5) is 0 Å². The second-order valence-electron chi connectivity index (χ2n) is 6.86. The van der Waals surface area contributed by atoms with E-state index in [4.69, 9.17) is 0 Å². The van der Waals surface area contributed by atoms with Gasteiger partial charge in [0.05, 0.1) is 6.04 Å². The maximum absolute atomic E-state index is 12.6. The lowest BCUT2D eigenvalue weighted by Gasteiger charge is -2.41. The number of likely N-dealkylation sites (N-methyl/N-ethyl adjacent to an activating group) is 1. The molecule has 3 aliphatic rings. The lowest BCUT2D eigenvalue weighted by molar-refractivity contribution is -0.139. The standard InChI is InChI=1S/C16H28N2O/c1-3-17-15-5-4-8-18(16(15)19)11(2)14-10-12-6-7-13(14)9-12/h11-15,17H,3-10H2,1-2H3. The van der Waals surface area contributed by atoms with Gasteiger partial charge in [0.25, 0.3) is 0 Å². The molecular weight excluding hydrogens is 236 g/mol. The number of nitrogens with zero attached hydrogens (tertiary/aromatic N) is 1. The van der Waals surface area contributed by atoms with Crippen molar-refractivity contribution in [3.8, 4) is 0 Å². The van der Waals surface area contributed by atoms with Crippen LogP contribution in [0, 0.1) is 17.8 Å². The molecule has 1 amide bonds. The summed E-state index contributed by atoms with van der Waals surface area (Å²) in [5.74, 6) is 3.03. The highest BCUT2D eigenvalue weighted by Crippen LogP contribution is 2.50. The molecule has 3 heteroatoms. The molecule has 2 bridgehead atoms. The Bertz CT molecular complexity index is 342. The van der Waals surface area contributed by atoms with Gasteiger partial charge in [0.2, 0.25) is 5.91 Å². The molecule has 3 nitrogen and oxygen atoms in total. The van der Waals surface area contributed by atoms with Crippen LogP contribution in [0.2, 0.25) is 0 Å². The largest absolute Gasteiger partial charge is 0.338 e. The zero-order valence-corrected chi connectivity index (χ0v) is 12.4. The quantitative estimate of drug-likeness (QED) is 0.845. The number of amides is 1. The van der Waals surface area contributed by atoms with Gasteiger partial charge in [-0.3, -0.25) is 4.79 Å². The molecule has 3 fully saturated rings. The fourth-order valence-corrected chi connectivity index (χ4v) is 4.86. The van der Waals surface area contributed by atoms with Gasteiger partial charge in [-0.25, -0.2) is 0 Å². The van der Waals surface area contributed by atoms with Gasteiger partial charge in [0, 0.05) is 12.6 Å². The molecule has 3 rings (SSSR count). The van der Waals surface area contributed by atoms with Crippen LogP contribution in [0.25, 0.3) is 0 Å². The lowest BCUT2D eigenvalue weighted by atomic mass is 9.82. The van der Waals surface area contributed by atoms with Crippen molar-refractivity contribution in [2.75, 3.05) is 13.1 Å². The van der Waals surface area contributed by atoms with Gasteiger partial charge in [-0.15, -0.1) is 0 Å². The minimum Gasteiger partial charge on any atom is -0.338 e. The SMILES string of the molecule is CCNC1CCCN(C(C)C2CC3CCC2C3)C1=O. The number of fused-ring (bicyclic) bond motifs is 2. The molecule has 2 aliphatic carbocycles. The van der Waals surface area contributed by atoms with Gasteiger partial charge in [-0.05, 0) is 63.3 Å². The number of carbonyl (C=O) groups is 1. The highest BCUT2D eigenvalue weighted by Gasteiger charge is 2.45. The van der Waals surface area contributed by atoms with E-state index in [2.05, 4.69) is 24.1 Å². The smallest absolute Gasteiger partial charge is 0.239 e. The average molecular weight is 264 g/mol. The Hall–Kier alpha value is -0.570. The van der Waals surface area contributed by atoms with Gasteiger partial charge in [-0.2, -0.15) is 0 Å². The van der Waals surface area contributed by atoms with Gasteiger partial charge < -0.3 is 10.2 Å². The third kappa shape index (κ3) is 2.42. The zero-order chi connectivity index (χ0) is 13.4. The Morgan fingerprint density at radius 2 is 2.16 bits per heavy atom. The van der Waals surface area contributed by atoms with Crippen molar-refractivity contribution >= 4 is 5.91 Å². The molecular formula is C16H28N2O. The monoisotopic (exact) mass is 264 g/mol. The molecule has 5 unspecified atom stereocenters. The summed E-state index contributed by atoms with van der Waals surface area (Å²) < 4.78 is 0. The van der Waals surface area contributed by atoms with E-state index in [-0.39, 0.29) is 6.04 Å². The van der Waals surface area contributed by atoms with E-state index in [9.17, 15) is 4.79 Å². The predicted molar refractivity (Wildman–Crippen MR) is 76.8 cm³/mol. The van der Waals surface area contributed by atoms with Crippen LogP contribution in [0.3, 0.4) is 0 Å². The number of piperidine rings is 1. The maximum atomic E-state index is 12.6. The molecule has 0 spiro atoms. The van der Waals surface area contributed by atoms with Crippen LogP contribution < -0.4 is 5.32 Å². The van der Waals surface area contributed by atoms with Crippen LogP contribution in [-0.4, -0.2) is 36.0 Å². The Labute approximate surface area is 117 Å². The van der Waals surface area contributed by atoms with Crippen molar-refractivity contribution in [2.45, 2.75) is 64.5 Å². The van der Waals surface area contributed by atoms with Gasteiger partial charge in [-0.1, -0.05) is 13.3 Å². The van der Waals surface area contributed by atoms with Crippen molar-refractivity contribution < 1.29 is 4.79 Å². The summed E-state index contributed by atoms with van der Waals surface area (Å²) in [5, 5.41) is 3.35. The van der Waals surface area contributed by atoms with Gasteiger partial charge >= 0.3 is 0 Å². The Morgan fingerprint density at radius 1 is 1.32 bits per heavy atom. The molecule has 108 valence electrons. The van der Waals surface area contributed by atoms with Crippen LogP contribution in [0.1, 0.15) is 52.4 Å². The summed E-state index contributed by atoms with van der Waals surface area (Å²) in [7, 11) is 0. The van der Waals surface area contributed by atoms with E-state index in [1.54, 1.807) is 0 Å². The third-order valence-electron chi connectivity index (χ3n) is 5.83. The number of hydrogen-bond acceptors (Lipinski definition) is 2. The molecule has 19 heavy (non-hydrogen) atoms. The Morgan fingerprint density at radius 3 is 2.79 bits per heavy atom. The molecule has 2 saturated carbocycles. The molecule has 1 saturated heterocycles. The Balaban J connectivity index is 1.65. The molecule has 0 aromatic heterocycles. The number of nitrogens with one attached hydrogen (secondary N) is 1. The third-order valence-corrected chi connectivity index (χ3v) is 5.83. The summed E-state index contributed by atoms with van der Waals surface area (Å²) in [6.07, 6.45) is 7.86. The number of rotatable bonds is 4. The first-order chi connectivity index (χ1) is 9.20. The summed E-state index contributed by atoms with van der Waals surface area (Å²) in [5.41, 5.74) is 0. The molecule has 1 N–H and O–H groups in total.